The van der Waals surface area contributed by atoms with Crippen LogP contribution in [0.1, 0.15) is 57.3 Å². The molecule has 0 saturated carbocycles. The summed E-state index contributed by atoms with van der Waals surface area (Å²) in [5, 5.41) is 3.41. The Bertz CT molecular complexity index is 798. The molecule has 0 spiro atoms. The summed E-state index contributed by atoms with van der Waals surface area (Å²) in [7, 11) is 0. The average molecular weight is 358 g/mol. The molecule has 3 rings (SSSR count). The number of rotatable bonds is 7. The van der Waals surface area contributed by atoms with E-state index in [0.717, 1.165) is 42.5 Å². The zero-order valence-electron chi connectivity index (χ0n) is 14.3. The highest BCUT2D eigenvalue weighted by atomic mass is 32.1. The molecule has 3 N–H and O–H groups in total. The van der Waals surface area contributed by atoms with E-state index in [1.807, 2.05) is 6.07 Å². The van der Waals surface area contributed by atoms with Crippen molar-refractivity contribution in [1.29, 1.82) is 0 Å². The zero-order valence-corrected chi connectivity index (χ0v) is 15.1. The Balaban J connectivity index is 1.77. The molecule has 2 amide bonds. The maximum Gasteiger partial charge on any atom is 0.256 e. The van der Waals surface area contributed by atoms with Crippen LogP contribution in [0.15, 0.2) is 24.3 Å². The number of ether oxygens (including phenoxy) is 1. The number of unbranched alkanes of at least 4 members (excludes halogenated alkanes) is 1. The Morgan fingerprint density at radius 3 is 2.92 bits per heavy atom. The third kappa shape index (κ3) is 3.85. The molecule has 0 saturated heterocycles. The first-order chi connectivity index (χ1) is 12.1. The van der Waals surface area contributed by atoms with Crippen molar-refractivity contribution in [3.8, 4) is 5.75 Å². The first kappa shape index (κ1) is 17.5. The second-order valence-electron chi connectivity index (χ2n) is 6.11. The van der Waals surface area contributed by atoms with Crippen LogP contribution in [0.25, 0.3) is 0 Å². The maximum absolute atomic E-state index is 12.6. The molecule has 0 unspecified atom stereocenters. The van der Waals surface area contributed by atoms with Gasteiger partial charge in [0.15, 0.2) is 0 Å². The number of anilines is 1. The van der Waals surface area contributed by atoms with Gasteiger partial charge in [0, 0.05) is 10.4 Å². The largest absolute Gasteiger partial charge is 0.494 e. The van der Waals surface area contributed by atoms with E-state index in [1.54, 1.807) is 18.2 Å². The van der Waals surface area contributed by atoms with Gasteiger partial charge in [-0.25, -0.2) is 0 Å². The highest BCUT2D eigenvalue weighted by molar-refractivity contribution is 7.17. The maximum atomic E-state index is 12.6. The van der Waals surface area contributed by atoms with E-state index in [1.165, 1.54) is 11.3 Å². The molecule has 6 heteroatoms. The summed E-state index contributed by atoms with van der Waals surface area (Å²) in [5.74, 6) is -0.0698. The Morgan fingerprint density at radius 2 is 2.16 bits per heavy atom. The fourth-order valence-corrected chi connectivity index (χ4v) is 4.28. The van der Waals surface area contributed by atoms with Crippen LogP contribution >= 0.6 is 11.3 Å². The molecule has 132 valence electrons. The highest BCUT2D eigenvalue weighted by Crippen LogP contribution is 2.39. The SMILES string of the molecule is CCCCOc1cccc(C(=O)Nc2sc3c(c2C(N)=O)CCC3)c1. The minimum atomic E-state index is -0.480. The van der Waals surface area contributed by atoms with Crippen LogP contribution in [0.5, 0.6) is 5.75 Å². The Morgan fingerprint density at radius 1 is 1.32 bits per heavy atom. The highest BCUT2D eigenvalue weighted by Gasteiger charge is 2.26. The van der Waals surface area contributed by atoms with Crippen molar-refractivity contribution in [2.24, 2.45) is 5.73 Å². The number of aryl methyl sites for hydroxylation is 1. The van der Waals surface area contributed by atoms with Gasteiger partial charge in [-0.3, -0.25) is 9.59 Å². The van der Waals surface area contributed by atoms with Crippen molar-refractivity contribution >= 4 is 28.2 Å². The van der Waals surface area contributed by atoms with E-state index < -0.39 is 5.91 Å². The normalized spacial score (nSPS) is 12.7. The van der Waals surface area contributed by atoms with Gasteiger partial charge in [-0.2, -0.15) is 0 Å². The molecule has 1 aromatic carbocycles. The first-order valence-electron chi connectivity index (χ1n) is 8.58. The number of nitrogens with one attached hydrogen (secondary N) is 1. The molecule has 0 aliphatic heterocycles. The first-order valence-corrected chi connectivity index (χ1v) is 9.40. The number of carbonyl (C=O) groups is 2. The molecule has 0 fully saturated rings. The molecule has 25 heavy (non-hydrogen) atoms. The van der Waals surface area contributed by atoms with Gasteiger partial charge in [-0.1, -0.05) is 19.4 Å². The molecule has 0 bridgehead atoms. The van der Waals surface area contributed by atoms with Crippen molar-refractivity contribution in [3.63, 3.8) is 0 Å². The van der Waals surface area contributed by atoms with E-state index >= 15 is 0 Å². The number of nitrogens with two attached hydrogens (primary N) is 1. The number of hydrogen-bond donors (Lipinski definition) is 2. The lowest BCUT2D eigenvalue weighted by Gasteiger charge is -2.09. The number of amides is 2. The molecule has 1 heterocycles. The van der Waals surface area contributed by atoms with E-state index in [4.69, 9.17) is 10.5 Å². The summed E-state index contributed by atoms with van der Waals surface area (Å²) in [4.78, 5) is 25.6. The lowest BCUT2D eigenvalue weighted by molar-refractivity contribution is 0.100. The molecule has 1 aliphatic rings. The van der Waals surface area contributed by atoms with Gasteiger partial charge in [0.25, 0.3) is 11.8 Å². The summed E-state index contributed by atoms with van der Waals surface area (Å²) in [5.41, 5.74) is 7.51. The van der Waals surface area contributed by atoms with Crippen molar-refractivity contribution in [1.82, 2.24) is 0 Å². The van der Waals surface area contributed by atoms with Crippen molar-refractivity contribution in [3.05, 3.63) is 45.8 Å². The van der Waals surface area contributed by atoms with Crippen LogP contribution in [0, 0.1) is 0 Å². The fraction of sp³-hybridized carbons (Fsp3) is 0.368. The van der Waals surface area contributed by atoms with Gasteiger partial charge < -0.3 is 15.8 Å². The van der Waals surface area contributed by atoms with Crippen LogP contribution in [0.4, 0.5) is 5.00 Å². The lowest BCUT2D eigenvalue weighted by Crippen LogP contribution is -2.17. The van der Waals surface area contributed by atoms with Crippen molar-refractivity contribution < 1.29 is 14.3 Å². The van der Waals surface area contributed by atoms with Crippen LogP contribution in [0.3, 0.4) is 0 Å². The quantitative estimate of drug-likeness (QED) is 0.739. The predicted molar refractivity (Wildman–Crippen MR) is 99.7 cm³/mol. The number of thiophene rings is 1. The smallest absolute Gasteiger partial charge is 0.256 e. The molecule has 0 atom stereocenters. The summed E-state index contributed by atoms with van der Waals surface area (Å²) in [6.07, 6.45) is 4.85. The standard InChI is InChI=1S/C19H22N2O3S/c1-2-3-10-24-13-7-4-6-12(11-13)18(23)21-19-16(17(20)22)14-8-5-9-15(14)25-19/h4,6-7,11H,2-3,5,8-10H2,1H3,(H2,20,22)(H,21,23). The van der Waals surface area contributed by atoms with Crippen molar-refractivity contribution in [2.75, 3.05) is 11.9 Å². The number of carbonyl (C=O) groups excluding carboxylic acids is 2. The summed E-state index contributed by atoms with van der Waals surface area (Å²) in [6.45, 7) is 2.73. The fourth-order valence-electron chi connectivity index (χ4n) is 2.99. The van der Waals surface area contributed by atoms with Gasteiger partial charge in [0.05, 0.1) is 12.2 Å². The molecular weight excluding hydrogens is 336 g/mol. The molecule has 2 aromatic rings. The number of benzene rings is 1. The lowest BCUT2D eigenvalue weighted by atomic mass is 10.1. The van der Waals surface area contributed by atoms with Gasteiger partial charge >= 0.3 is 0 Å². The van der Waals surface area contributed by atoms with Crippen LogP contribution in [0.2, 0.25) is 0 Å². The summed E-state index contributed by atoms with van der Waals surface area (Å²) in [6, 6.07) is 7.07. The van der Waals surface area contributed by atoms with Gasteiger partial charge in [0.1, 0.15) is 10.8 Å². The summed E-state index contributed by atoms with van der Waals surface area (Å²) >= 11 is 1.46. The zero-order chi connectivity index (χ0) is 17.8. The second kappa shape index (κ2) is 7.70. The predicted octanol–water partition coefficient (Wildman–Crippen LogP) is 3.77. The van der Waals surface area contributed by atoms with Gasteiger partial charge in [-0.05, 0) is 49.4 Å². The van der Waals surface area contributed by atoms with E-state index in [-0.39, 0.29) is 5.91 Å². The Hall–Kier alpha value is -2.34. The summed E-state index contributed by atoms with van der Waals surface area (Å²) < 4.78 is 5.65. The van der Waals surface area contributed by atoms with E-state index in [0.29, 0.717) is 28.5 Å². The molecular formula is C19H22N2O3S. The average Bonchev–Trinajstić information content (AvgIpc) is 3.15. The topological polar surface area (TPSA) is 81.4 Å². The minimum Gasteiger partial charge on any atom is -0.494 e. The second-order valence-corrected chi connectivity index (χ2v) is 7.21. The number of primary amides is 1. The third-order valence-corrected chi connectivity index (χ3v) is 5.46. The monoisotopic (exact) mass is 358 g/mol. The Kier molecular flexibility index (Phi) is 5.38. The molecule has 1 aliphatic carbocycles. The van der Waals surface area contributed by atoms with Gasteiger partial charge in [0.2, 0.25) is 0 Å². The van der Waals surface area contributed by atoms with E-state index in [2.05, 4.69) is 12.2 Å². The van der Waals surface area contributed by atoms with Crippen LogP contribution in [-0.2, 0) is 12.8 Å². The van der Waals surface area contributed by atoms with E-state index in [9.17, 15) is 9.59 Å². The number of fused-ring (bicyclic) bond motifs is 1. The van der Waals surface area contributed by atoms with Crippen LogP contribution < -0.4 is 15.8 Å². The van der Waals surface area contributed by atoms with Crippen molar-refractivity contribution in [2.45, 2.75) is 39.0 Å². The minimum absolute atomic E-state index is 0.261. The number of hydrogen-bond acceptors (Lipinski definition) is 4. The van der Waals surface area contributed by atoms with Crippen LogP contribution in [-0.4, -0.2) is 18.4 Å². The Labute approximate surface area is 151 Å². The molecule has 1 aromatic heterocycles. The molecule has 0 radical (unpaired) electrons. The van der Waals surface area contributed by atoms with Gasteiger partial charge in [-0.15, -0.1) is 11.3 Å². The molecule has 5 nitrogen and oxygen atoms in total. The third-order valence-electron chi connectivity index (χ3n) is 4.26.